The first-order valence-electron chi connectivity index (χ1n) is 7.05. The molecule has 0 amide bonds. The lowest BCUT2D eigenvalue weighted by Crippen LogP contribution is -2.33. The summed E-state index contributed by atoms with van der Waals surface area (Å²) in [4.78, 5) is 11.3. The third-order valence-electron chi connectivity index (χ3n) is 3.53. The van der Waals surface area contributed by atoms with Gasteiger partial charge in [-0.3, -0.25) is 0 Å². The van der Waals surface area contributed by atoms with Crippen LogP contribution in [-0.2, 0) is 11.2 Å². The monoisotopic (exact) mass is 283 g/mol. The van der Waals surface area contributed by atoms with Crippen LogP contribution in [0.25, 0.3) is 0 Å². The van der Waals surface area contributed by atoms with Crippen molar-refractivity contribution in [1.29, 1.82) is 0 Å². The van der Waals surface area contributed by atoms with Crippen LogP contribution in [0, 0.1) is 6.92 Å². The summed E-state index contributed by atoms with van der Waals surface area (Å²) in [5, 5.41) is 0.570. The normalized spacial score (nSPS) is 20.4. The molecule has 0 spiro atoms. The molecule has 106 valence electrons. The molecular formula is C14H22ClN3O. The Morgan fingerprint density at radius 3 is 2.84 bits per heavy atom. The van der Waals surface area contributed by atoms with E-state index in [-0.39, 0.29) is 6.10 Å². The summed E-state index contributed by atoms with van der Waals surface area (Å²) >= 11 is 6.22. The molecule has 1 aromatic heterocycles. The maximum atomic E-state index is 6.22. The van der Waals surface area contributed by atoms with Crippen molar-refractivity contribution in [2.24, 2.45) is 0 Å². The lowest BCUT2D eigenvalue weighted by atomic mass is 10.2. The highest BCUT2D eigenvalue weighted by Crippen LogP contribution is 2.25. The van der Waals surface area contributed by atoms with Gasteiger partial charge in [0.25, 0.3) is 0 Å². The summed E-state index contributed by atoms with van der Waals surface area (Å²) in [6.45, 7) is 8.87. The van der Waals surface area contributed by atoms with Crippen LogP contribution < -0.4 is 4.90 Å². The van der Waals surface area contributed by atoms with E-state index in [1.165, 1.54) is 0 Å². The number of ether oxygens (including phenoxy) is 1. The van der Waals surface area contributed by atoms with E-state index in [0.717, 1.165) is 56.2 Å². The van der Waals surface area contributed by atoms with Crippen molar-refractivity contribution in [3.63, 3.8) is 0 Å². The van der Waals surface area contributed by atoms with Crippen molar-refractivity contribution in [3.05, 3.63) is 16.5 Å². The van der Waals surface area contributed by atoms with Gasteiger partial charge in [0.2, 0.25) is 0 Å². The van der Waals surface area contributed by atoms with Gasteiger partial charge < -0.3 is 9.64 Å². The first-order chi connectivity index (χ1) is 9.15. The lowest BCUT2D eigenvalue weighted by Gasteiger charge is -2.26. The molecule has 1 aliphatic rings. The molecule has 1 saturated heterocycles. The third kappa shape index (κ3) is 3.37. The molecule has 5 heteroatoms. The van der Waals surface area contributed by atoms with Crippen LogP contribution in [0.5, 0.6) is 0 Å². The molecule has 1 atom stereocenters. The van der Waals surface area contributed by atoms with E-state index in [9.17, 15) is 0 Å². The van der Waals surface area contributed by atoms with Gasteiger partial charge in [0.15, 0.2) is 0 Å². The van der Waals surface area contributed by atoms with Gasteiger partial charge in [-0.2, -0.15) is 0 Å². The van der Waals surface area contributed by atoms with E-state index >= 15 is 0 Å². The molecule has 4 nitrogen and oxygen atoms in total. The minimum absolute atomic E-state index is 0.278. The smallest absolute Gasteiger partial charge is 0.137 e. The Labute approximate surface area is 120 Å². The Hall–Kier alpha value is -0.870. The topological polar surface area (TPSA) is 38.2 Å². The van der Waals surface area contributed by atoms with Crippen LogP contribution in [0.1, 0.15) is 38.1 Å². The molecule has 19 heavy (non-hydrogen) atoms. The van der Waals surface area contributed by atoms with E-state index in [0.29, 0.717) is 5.15 Å². The summed E-state index contributed by atoms with van der Waals surface area (Å²) in [5.74, 6) is 1.78. The molecule has 0 radical (unpaired) electrons. The molecular weight excluding hydrogens is 262 g/mol. The lowest BCUT2D eigenvalue weighted by molar-refractivity contribution is 0.0664. The highest BCUT2D eigenvalue weighted by Gasteiger charge is 2.21. The summed E-state index contributed by atoms with van der Waals surface area (Å²) in [7, 11) is 0. The zero-order valence-corrected chi connectivity index (χ0v) is 12.7. The molecule has 0 aliphatic carbocycles. The molecule has 0 N–H and O–H groups in total. The first-order valence-corrected chi connectivity index (χ1v) is 7.43. The van der Waals surface area contributed by atoms with Crippen LogP contribution in [0.2, 0.25) is 5.15 Å². The number of anilines is 1. The average molecular weight is 284 g/mol. The maximum Gasteiger partial charge on any atom is 0.137 e. The fourth-order valence-electron chi connectivity index (χ4n) is 2.32. The van der Waals surface area contributed by atoms with Crippen LogP contribution in [0.3, 0.4) is 0 Å². The fraction of sp³-hybridized carbons (Fsp3) is 0.714. The van der Waals surface area contributed by atoms with Gasteiger partial charge in [-0.05, 0) is 19.8 Å². The predicted octanol–water partition coefficient (Wildman–Crippen LogP) is 3.01. The van der Waals surface area contributed by atoms with E-state index in [2.05, 4.69) is 21.8 Å². The van der Waals surface area contributed by atoms with Crippen molar-refractivity contribution < 1.29 is 4.74 Å². The summed E-state index contributed by atoms with van der Waals surface area (Å²) < 4.78 is 5.81. The summed E-state index contributed by atoms with van der Waals surface area (Å²) in [6.07, 6.45) is 3.13. The first kappa shape index (κ1) is 14.5. The van der Waals surface area contributed by atoms with Crippen molar-refractivity contribution in [1.82, 2.24) is 9.97 Å². The number of halogens is 1. The Morgan fingerprint density at radius 2 is 2.16 bits per heavy atom. The van der Waals surface area contributed by atoms with Crippen LogP contribution in [-0.4, -0.2) is 35.8 Å². The number of hydrogen-bond acceptors (Lipinski definition) is 4. The quantitative estimate of drug-likeness (QED) is 0.800. The molecule has 0 saturated carbocycles. The summed E-state index contributed by atoms with van der Waals surface area (Å²) in [5.41, 5.74) is 0.968. The fourth-order valence-corrected chi connectivity index (χ4v) is 2.50. The molecule has 1 fully saturated rings. The Morgan fingerprint density at radius 1 is 1.37 bits per heavy atom. The van der Waals surface area contributed by atoms with Gasteiger partial charge in [0.05, 0.1) is 6.10 Å². The minimum atomic E-state index is 0.278. The molecule has 0 aromatic carbocycles. The highest BCUT2D eigenvalue weighted by molar-refractivity contribution is 6.30. The second-order valence-electron chi connectivity index (χ2n) is 4.93. The number of aryl methyl sites for hydroxylation is 1. The van der Waals surface area contributed by atoms with Crippen molar-refractivity contribution in [2.45, 2.75) is 46.1 Å². The zero-order chi connectivity index (χ0) is 13.8. The number of nitrogens with zero attached hydrogens (tertiary/aromatic N) is 3. The Bertz CT molecular complexity index is 439. The van der Waals surface area contributed by atoms with Gasteiger partial charge in [-0.25, -0.2) is 9.97 Å². The zero-order valence-electron chi connectivity index (χ0n) is 11.9. The molecule has 2 rings (SSSR count). The van der Waals surface area contributed by atoms with Gasteiger partial charge in [0.1, 0.15) is 16.8 Å². The number of hydrogen-bond donors (Lipinski definition) is 0. The van der Waals surface area contributed by atoms with Crippen molar-refractivity contribution >= 4 is 17.4 Å². The van der Waals surface area contributed by atoms with Crippen LogP contribution >= 0.6 is 11.6 Å². The third-order valence-corrected chi connectivity index (χ3v) is 3.90. The van der Waals surface area contributed by atoms with Gasteiger partial charge in [0, 0.05) is 31.7 Å². The molecule has 1 unspecified atom stereocenters. The average Bonchev–Trinajstić information content (AvgIpc) is 2.67. The predicted molar refractivity (Wildman–Crippen MR) is 78.0 cm³/mol. The van der Waals surface area contributed by atoms with Crippen LogP contribution in [0.4, 0.5) is 5.82 Å². The molecule has 2 heterocycles. The van der Waals surface area contributed by atoms with Gasteiger partial charge in [-0.15, -0.1) is 0 Å². The van der Waals surface area contributed by atoms with E-state index in [1.54, 1.807) is 0 Å². The minimum Gasteiger partial charge on any atom is -0.376 e. The standard InChI is InChI=1S/C14H22ClN3O/c1-4-11-9-18(7-6-8-19-11)14-10(3)13(15)16-12(5-2)17-14/h11H,4-9H2,1-3H3. The van der Waals surface area contributed by atoms with Crippen LogP contribution in [0.15, 0.2) is 0 Å². The maximum absolute atomic E-state index is 6.22. The van der Waals surface area contributed by atoms with Crippen molar-refractivity contribution in [3.8, 4) is 0 Å². The van der Waals surface area contributed by atoms with E-state index in [4.69, 9.17) is 16.3 Å². The second-order valence-corrected chi connectivity index (χ2v) is 5.29. The number of aromatic nitrogens is 2. The molecule has 1 aromatic rings. The van der Waals surface area contributed by atoms with E-state index in [1.807, 2.05) is 13.8 Å². The SMILES string of the molecule is CCc1nc(Cl)c(C)c(N2CCCOC(CC)C2)n1. The Kier molecular flexibility index (Phi) is 4.99. The molecule has 1 aliphatic heterocycles. The largest absolute Gasteiger partial charge is 0.376 e. The molecule has 0 bridgehead atoms. The van der Waals surface area contributed by atoms with Gasteiger partial charge in [-0.1, -0.05) is 25.4 Å². The Balaban J connectivity index is 2.30. The number of rotatable bonds is 3. The second kappa shape index (κ2) is 6.53. The van der Waals surface area contributed by atoms with Gasteiger partial charge >= 0.3 is 0 Å². The van der Waals surface area contributed by atoms with E-state index < -0.39 is 0 Å². The highest BCUT2D eigenvalue weighted by atomic mass is 35.5. The summed E-state index contributed by atoms with van der Waals surface area (Å²) in [6, 6.07) is 0. The van der Waals surface area contributed by atoms with Crippen molar-refractivity contribution in [2.75, 3.05) is 24.6 Å².